The van der Waals surface area contributed by atoms with Gasteiger partial charge < -0.3 is 5.32 Å². The lowest BCUT2D eigenvalue weighted by atomic mass is 9.95. The zero-order valence-electron chi connectivity index (χ0n) is 11.7. The molecule has 1 N–H and O–H groups in total. The fourth-order valence-electron chi connectivity index (χ4n) is 3.40. The van der Waals surface area contributed by atoms with Gasteiger partial charge in [-0.05, 0) is 24.7 Å². The molecule has 0 radical (unpaired) electrons. The van der Waals surface area contributed by atoms with E-state index in [2.05, 4.69) is 24.1 Å². The number of sulfone groups is 1. The molecule has 0 aromatic heterocycles. The van der Waals surface area contributed by atoms with E-state index in [0.717, 1.165) is 19.0 Å². The van der Waals surface area contributed by atoms with Gasteiger partial charge in [-0.3, -0.25) is 4.90 Å². The van der Waals surface area contributed by atoms with Crippen LogP contribution < -0.4 is 5.32 Å². The van der Waals surface area contributed by atoms with Crippen LogP contribution in [0.1, 0.15) is 26.7 Å². The van der Waals surface area contributed by atoms with Crippen LogP contribution in [0.15, 0.2) is 11.5 Å². The first-order valence-electron chi connectivity index (χ1n) is 7.36. The summed E-state index contributed by atoms with van der Waals surface area (Å²) in [4.78, 5) is 2.44. The van der Waals surface area contributed by atoms with Gasteiger partial charge in [0.1, 0.15) is 0 Å². The van der Waals surface area contributed by atoms with Crippen molar-refractivity contribution >= 4 is 9.84 Å². The highest BCUT2D eigenvalue weighted by Crippen LogP contribution is 2.35. The maximum atomic E-state index is 11.7. The van der Waals surface area contributed by atoms with Crippen molar-refractivity contribution < 1.29 is 8.42 Å². The van der Waals surface area contributed by atoms with Crippen molar-refractivity contribution in [3.8, 4) is 0 Å². The van der Waals surface area contributed by atoms with Crippen LogP contribution in [0.3, 0.4) is 0 Å². The Bertz CT molecular complexity index is 468. The number of nitrogens with one attached hydrogen (secondary N) is 1. The Morgan fingerprint density at radius 1 is 1.32 bits per heavy atom. The van der Waals surface area contributed by atoms with E-state index in [1.165, 1.54) is 18.2 Å². The van der Waals surface area contributed by atoms with Gasteiger partial charge in [-0.1, -0.05) is 19.9 Å². The van der Waals surface area contributed by atoms with Crippen LogP contribution in [0.4, 0.5) is 0 Å². The maximum Gasteiger partial charge on any atom is 0.173 e. The van der Waals surface area contributed by atoms with Crippen molar-refractivity contribution in [2.24, 2.45) is 11.8 Å². The van der Waals surface area contributed by atoms with E-state index in [1.807, 2.05) is 6.08 Å². The minimum Gasteiger partial charge on any atom is -0.311 e. The first-order chi connectivity index (χ1) is 8.96. The lowest BCUT2D eigenvalue weighted by Gasteiger charge is -2.45. The maximum absolute atomic E-state index is 11.7. The van der Waals surface area contributed by atoms with Crippen molar-refractivity contribution in [1.82, 2.24) is 10.2 Å². The molecule has 0 aromatic rings. The molecular weight excluding hydrogens is 260 g/mol. The quantitative estimate of drug-likeness (QED) is 0.840. The van der Waals surface area contributed by atoms with Crippen molar-refractivity contribution in [2.75, 3.05) is 18.8 Å². The Morgan fingerprint density at radius 2 is 2.05 bits per heavy atom. The smallest absolute Gasteiger partial charge is 0.173 e. The molecule has 0 bridgehead atoms. The SMILES string of the molecule is CC(C)C1CNC(C2CC2)CN1C1C=CS(=O)(=O)C1. The van der Waals surface area contributed by atoms with Gasteiger partial charge in [0.15, 0.2) is 9.84 Å². The minimum atomic E-state index is -2.96. The summed E-state index contributed by atoms with van der Waals surface area (Å²) in [5.74, 6) is 1.63. The molecule has 2 aliphatic heterocycles. The zero-order valence-corrected chi connectivity index (χ0v) is 12.6. The van der Waals surface area contributed by atoms with Gasteiger partial charge in [0.05, 0.1) is 5.75 Å². The molecule has 2 fully saturated rings. The predicted molar refractivity (Wildman–Crippen MR) is 76.6 cm³/mol. The third kappa shape index (κ3) is 2.88. The van der Waals surface area contributed by atoms with E-state index < -0.39 is 9.84 Å². The molecule has 2 heterocycles. The summed E-state index contributed by atoms with van der Waals surface area (Å²) in [5.41, 5.74) is 0. The number of piperazine rings is 1. The van der Waals surface area contributed by atoms with Gasteiger partial charge in [0.2, 0.25) is 0 Å². The van der Waals surface area contributed by atoms with Gasteiger partial charge in [-0.2, -0.15) is 0 Å². The molecule has 108 valence electrons. The standard InChI is InChI=1S/C14H24N2O2S/c1-10(2)14-7-15-13(11-3-4-11)8-16(14)12-5-6-19(17,18)9-12/h5-6,10-15H,3-4,7-9H2,1-2H3. The Morgan fingerprint density at radius 3 is 2.58 bits per heavy atom. The first-order valence-corrected chi connectivity index (χ1v) is 9.08. The molecule has 3 unspecified atom stereocenters. The molecule has 3 aliphatic rings. The molecular formula is C14H24N2O2S. The normalized spacial score (nSPS) is 39.0. The van der Waals surface area contributed by atoms with Gasteiger partial charge in [-0.15, -0.1) is 0 Å². The van der Waals surface area contributed by atoms with E-state index in [-0.39, 0.29) is 11.8 Å². The average molecular weight is 284 g/mol. The molecule has 3 rings (SSSR count). The van der Waals surface area contributed by atoms with Crippen molar-refractivity contribution in [1.29, 1.82) is 0 Å². The van der Waals surface area contributed by atoms with Crippen LogP contribution in [0, 0.1) is 11.8 Å². The van der Waals surface area contributed by atoms with Gasteiger partial charge in [-0.25, -0.2) is 8.42 Å². The lowest BCUT2D eigenvalue weighted by molar-refractivity contribution is 0.0756. The second-order valence-electron chi connectivity index (χ2n) is 6.59. The summed E-state index contributed by atoms with van der Waals surface area (Å²) in [5, 5.41) is 5.08. The van der Waals surface area contributed by atoms with E-state index in [4.69, 9.17) is 0 Å². The van der Waals surface area contributed by atoms with Crippen LogP contribution in [0.2, 0.25) is 0 Å². The number of hydrogen-bond donors (Lipinski definition) is 1. The fraction of sp³-hybridized carbons (Fsp3) is 0.857. The third-order valence-corrected chi connectivity index (χ3v) is 6.10. The zero-order chi connectivity index (χ0) is 13.6. The molecule has 0 amide bonds. The van der Waals surface area contributed by atoms with Crippen LogP contribution in [-0.4, -0.2) is 50.3 Å². The molecule has 4 nitrogen and oxygen atoms in total. The molecule has 3 atom stereocenters. The lowest BCUT2D eigenvalue weighted by Crippen LogP contribution is -2.61. The predicted octanol–water partition coefficient (Wildman–Crippen LogP) is 1.01. The van der Waals surface area contributed by atoms with Crippen molar-refractivity contribution in [2.45, 2.75) is 44.8 Å². The molecule has 5 heteroatoms. The second-order valence-corrected chi connectivity index (χ2v) is 8.52. The molecule has 1 saturated heterocycles. The molecule has 19 heavy (non-hydrogen) atoms. The minimum absolute atomic E-state index is 0.0840. The highest BCUT2D eigenvalue weighted by Gasteiger charge is 2.41. The largest absolute Gasteiger partial charge is 0.311 e. The summed E-state index contributed by atoms with van der Waals surface area (Å²) < 4.78 is 23.3. The average Bonchev–Trinajstić information content (AvgIpc) is 3.13. The monoisotopic (exact) mass is 284 g/mol. The van der Waals surface area contributed by atoms with Gasteiger partial charge >= 0.3 is 0 Å². The molecule has 1 saturated carbocycles. The van der Waals surface area contributed by atoms with Crippen molar-refractivity contribution in [3.63, 3.8) is 0 Å². The summed E-state index contributed by atoms with van der Waals surface area (Å²) in [7, 11) is -2.96. The van der Waals surface area contributed by atoms with Crippen LogP contribution in [0.5, 0.6) is 0 Å². The summed E-state index contributed by atoms with van der Waals surface area (Å²) in [6, 6.07) is 1.09. The molecule has 0 spiro atoms. The topological polar surface area (TPSA) is 49.4 Å². The Balaban J connectivity index is 1.75. The van der Waals surface area contributed by atoms with Gasteiger partial charge in [0, 0.05) is 36.6 Å². The Labute approximate surface area is 116 Å². The van der Waals surface area contributed by atoms with Crippen molar-refractivity contribution in [3.05, 3.63) is 11.5 Å². The summed E-state index contributed by atoms with van der Waals surface area (Å²) in [6.45, 7) is 6.44. The fourth-order valence-corrected chi connectivity index (χ4v) is 4.71. The van der Waals surface area contributed by atoms with Crippen LogP contribution in [-0.2, 0) is 9.84 Å². The van der Waals surface area contributed by atoms with E-state index >= 15 is 0 Å². The number of nitrogens with zero attached hydrogens (tertiary/aromatic N) is 1. The van der Waals surface area contributed by atoms with E-state index in [9.17, 15) is 8.42 Å². The summed E-state index contributed by atoms with van der Waals surface area (Å²) in [6.07, 6.45) is 4.55. The summed E-state index contributed by atoms with van der Waals surface area (Å²) >= 11 is 0. The molecule has 0 aromatic carbocycles. The second kappa shape index (κ2) is 4.86. The van der Waals surface area contributed by atoms with Crippen LogP contribution in [0.25, 0.3) is 0 Å². The van der Waals surface area contributed by atoms with E-state index in [0.29, 0.717) is 18.0 Å². The van der Waals surface area contributed by atoms with Gasteiger partial charge in [0.25, 0.3) is 0 Å². The van der Waals surface area contributed by atoms with Crippen LogP contribution >= 0.6 is 0 Å². The Kier molecular flexibility index (Phi) is 3.48. The number of rotatable bonds is 3. The Hall–Kier alpha value is -0.390. The van der Waals surface area contributed by atoms with E-state index in [1.54, 1.807) is 0 Å². The third-order valence-electron chi connectivity index (χ3n) is 4.72. The highest BCUT2D eigenvalue weighted by atomic mass is 32.2. The molecule has 1 aliphatic carbocycles. The highest BCUT2D eigenvalue weighted by molar-refractivity contribution is 7.94. The number of hydrogen-bond acceptors (Lipinski definition) is 4. The first kappa shape index (κ1) is 13.6.